The molecule has 0 saturated carbocycles. The average molecular weight is 413 g/mol. The summed E-state index contributed by atoms with van der Waals surface area (Å²) < 4.78 is 19.9. The van der Waals surface area contributed by atoms with Gasteiger partial charge in [-0.2, -0.15) is 0 Å². The van der Waals surface area contributed by atoms with E-state index >= 15 is 0 Å². The molecule has 30 heavy (non-hydrogen) atoms. The van der Waals surface area contributed by atoms with Gasteiger partial charge in [0, 0.05) is 19.0 Å². The van der Waals surface area contributed by atoms with Crippen LogP contribution in [0.25, 0.3) is 0 Å². The summed E-state index contributed by atoms with van der Waals surface area (Å²) in [5.41, 5.74) is 2.72. The van der Waals surface area contributed by atoms with Gasteiger partial charge in [0.15, 0.2) is 6.10 Å². The van der Waals surface area contributed by atoms with E-state index in [1.54, 1.807) is 17.9 Å². The first-order valence-electron chi connectivity index (χ1n) is 10.4. The Morgan fingerprint density at radius 1 is 1.20 bits per heavy atom. The van der Waals surface area contributed by atoms with E-state index in [1.165, 1.54) is 12.1 Å². The normalized spacial score (nSPS) is 16.7. The Kier molecular flexibility index (Phi) is 6.75. The number of fused-ring (bicyclic) bond motifs is 1. The molecule has 0 aromatic heterocycles. The minimum absolute atomic E-state index is 0.0194. The van der Waals surface area contributed by atoms with Gasteiger partial charge in [0.05, 0.1) is 6.04 Å². The van der Waals surface area contributed by atoms with Crippen LogP contribution in [0.4, 0.5) is 4.39 Å². The summed E-state index contributed by atoms with van der Waals surface area (Å²) in [6.07, 6.45) is 0.440. The van der Waals surface area contributed by atoms with E-state index in [0.29, 0.717) is 18.7 Å². The van der Waals surface area contributed by atoms with Crippen LogP contribution in [0.5, 0.6) is 5.75 Å². The average Bonchev–Trinajstić information content (AvgIpc) is 2.71. The Morgan fingerprint density at radius 3 is 2.63 bits per heavy atom. The molecule has 0 radical (unpaired) electrons. The highest BCUT2D eigenvalue weighted by Gasteiger charge is 2.32. The molecule has 0 bridgehead atoms. The van der Waals surface area contributed by atoms with Crippen molar-refractivity contribution in [2.45, 2.75) is 58.7 Å². The van der Waals surface area contributed by atoms with Gasteiger partial charge in [-0.15, -0.1) is 0 Å². The van der Waals surface area contributed by atoms with Crippen molar-refractivity contribution in [2.24, 2.45) is 0 Å². The summed E-state index contributed by atoms with van der Waals surface area (Å²) in [4.78, 5) is 26.7. The zero-order valence-corrected chi connectivity index (χ0v) is 17.9. The van der Waals surface area contributed by atoms with Gasteiger partial charge in [-0.1, -0.05) is 25.1 Å². The maximum Gasteiger partial charge on any atom is 0.260 e. The molecule has 6 heteroatoms. The Morgan fingerprint density at radius 2 is 1.97 bits per heavy atom. The first-order chi connectivity index (χ1) is 14.3. The van der Waals surface area contributed by atoms with Crippen molar-refractivity contribution in [1.29, 1.82) is 0 Å². The molecule has 0 unspecified atom stereocenters. The van der Waals surface area contributed by atoms with Crippen LogP contribution in [0.3, 0.4) is 0 Å². The Hall–Kier alpha value is -2.89. The largest absolute Gasteiger partial charge is 0.481 e. The molecule has 1 N–H and O–H groups in total. The highest BCUT2D eigenvalue weighted by molar-refractivity contribution is 5.81. The molecule has 5 nitrogen and oxygen atoms in total. The molecule has 1 aliphatic heterocycles. The summed E-state index contributed by atoms with van der Waals surface area (Å²) in [5, 5.41) is 2.84. The molecule has 1 heterocycles. The third kappa shape index (κ3) is 4.81. The second-order valence-corrected chi connectivity index (χ2v) is 7.93. The van der Waals surface area contributed by atoms with Crippen LogP contribution in [0.15, 0.2) is 42.5 Å². The van der Waals surface area contributed by atoms with Crippen LogP contribution < -0.4 is 10.1 Å². The highest BCUT2D eigenvalue weighted by Crippen LogP contribution is 2.37. The number of rotatable bonds is 6. The number of hydrogen-bond donors (Lipinski definition) is 1. The molecule has 0 aliphatic carbocycles. The van der Waals surface area contributed by atoms with Crippen molar-refractivity contribution in [1.82, 2.24) is 10.2 Å². The van der Waals surface area contributed by atoms with Gasteiger partial charge < -0.3 is 15.0 Å². The van der Waals surface area contributed by atoms with Crippen molar-refractivity contribution in [3.05, 3.63) is 65.0 Å². The summed E-state index contributed by atoms with van der Waals surface area (Å²) in [7, 11) is 0. The lowest BCUT2D eigenvalue weighted by molar-refractivity contribution is -0.133. The zero-order chi connectivity index (χ0) is 21.8. The number of carbonyl (C=O) groups excluding carboxylic acids is 2. The van der Waals surface area contributed by atoms with E-state index in [9.17, 15) is 14.0 Å². The standard InChI is InChI=1S/C24H29FN2O3/c1-5-22(28)27-12-11-17-9-10-20(30-16(4)24(29)26-15(2)3)14-21(17)23(27)18-7-6-8-19(25)13-18/h6-10,13-16,23H,5,11-12H2,1-4H3,(H,26,29)/t16-,23-/m1/s1. The van der Waals surface area contributed by atoms with E-state index in [0.717, 1.165) is 23.1 Å². The molecule has 2 aromatic carbocycles. The molecular formula is C24H29FN2O3. The van der Waals surface area contributed by atoms with Gasteiger partial charge in [-0.25, -0.2) is 4.39 Å². The third-order valence-corrected chi connectivity index (χ3v) is 5.25. The summed E-state index contributed by atoms with van der Waals surface area (Å²) in [6, 6.07) is 11.7. The lowest BCUT2D eigenvalue weighted by atomic mass is 9.87. The van der Waals surface area contributed by atoms with Crippen molar-refractivity contribution < 1.29 is 18.7 Å². The van der Waals surface area contributed by atoms with Crippen molar-refractivity contribution in [3.8, 4) is 5.75 Å². The lowest BCUT2D eigenvalue weighted by Gasteiger charge is -2.38. The van der Waals surface area contributed by atoms with Gasteiger partial charge >= 0.3 is 0 Å². The van der Waals surface area contributed by atoms with Crippen LogP contribution >= 0.6 is 0 Å². The van der Waals surface area contributed by atoms with Gasteiger partial charge in [0.1, 0.15) is 11.6 Å². The van der Waals surface area contributed by atoms with Gasteiger partial charge in [0.25, 0.3) is 5.91 Å². The minimum Gasteiger partial charge on any atom is -0.481 e. The van der Waals surface area contributed by atoms with E-state index in [-0.39, 0.29) is 29.7 Å². The van der Waals surface area contributed by atoms with Crippen LogP contribution in [0.1, 0.15) is 56.8 Å². The first kappa shape index (κ1) is 21.8. The number of halogens is 1. The fourth-order valence-corrected chi connectivity index (χ4v) is 3.83. The number of carbonyl (C=O) groups is 2. The maximum absolute atomic E-state index is 14.0. The van der Waals surface area contributed by atoms with Crippen LogP contribution in [-0.2, 0) is 16.0 Å². The fraction of sp³-hybridized carbons (Fsp3) is 0.417. The molecule has 1 aliphatic rings. The molecule has 2 atom stereocenters. The van der Waals surface area contributed by atoms with E-state index in [2.05, 4.69) is 5.32 Å². The number of amides is 2. The van der Waals surface area contributed by atoms with Gasteiger partial charge in [-0.3, -0.25) is 9.59 Å². The molecule has 0 saturated heterocycles. The number of nitrogens with zero attached hydrogens (tertiary/aromatic N) is 1. The Bertz CT molecular complexity index is 928. The van der Waals surface area contributed by atoms with Crippen molar-refractivity contribution in [3.63, 3.8) is 0 Å². The topological polar surface area (TPSA) is 58.6 Å². The summed E-state index contributed by atoms with van der Waals surface area (Å²) >= 11 is 0. The molecule has 0 spiro atoms. The summed E-state index contributed by atoms with van der Waals surface area (Å²) in [5.74, 6) is 0.0420. The van der Waals surface area contributed by atoms with Crippen molar-refractivity contribution in [2.75, 3.05) is 6.54 Å². The number of hydrogen-bond acceptors (Lipinski definition) is 3. The molecule has 0 fully saturated rings. The molecule has 3 rings (SSSR count). The van der Waals surface area contributed by atoms with Crippen molar-refractivity contribution >= 4 is 11.8 Å². The minimum atomic E-state index is -0.657. The van der Waals surface area contributed by atoms with Gasteiger partial charge in [0.2, 0.25) is 5.91 Å². The van der Waals surface area contributed by atoms with Crippen LogP contribution in [0.2, 0.25) is 0 Å². The summed E-state index contributed by atoms with van der Waals surface area (Å²) in [6.45, 7) is 7.90. The molecule has 2 aromatic rings. The van der Waals surface area contributed by atoms with Crippen LogP contribution in [-0.4, -0.2) is 35.4 Å². The quantitative estimate of drug-likeness (QED) is 0.780. The van der Waals surface area contributed by atoms with Crippen LogP contribution in [0, 0.1) is 5.82 Å². The smallest absolute Gasteiger partial charge is 0.260 e. The predicted molar refractivity (Wildman–Crippen MR) is 114 cm³/mol. The molecular weight excluding hydrogens is 383 g/mol. The number of benzene rings is 2. The molecule has 2 amide bonds. The van der Waals surface area contributed by atoms with E-state index < -0.39 is 6.10 Å². The number of ether oxygens (including phenoxy) is 1. The monoisotopic (exact) mass is 412 g/mol. The Balaban J connectivity index is 1.97. The third-order valence-electron chi connectivity index (χ3n) is 5.25. The predicted octanol–water partition coefficient (Wildman–Crippen LogP) is 4.00. The molecule has 160 valence electrons. The fourth-order valence-electron chi connectivity index (χ4n) is 3.83. The van der Waals surface area contributed by atoms with Gasteiger partial charge in [-0.05, 0) is 68.1 Å². The SMILES string of the molecule is CCC(=O)N1CCc2ccc(O[C@H](C)C(=O)NC(C)C)cc2[C@H]1c1cccc(F)c1. The first-order valence-corrected chi connectivity index (χ1v) is 10.4. The van der Waals surface area contributed by atoms with E-state index in [4.69, 9.17) is 4.74 Å². The van der Waals surface area contributed by atoms with E-state index in [1.807, 2.05) is 45.0 Å². The second-order valence-electron chi connectivity index (χ2n) is 7.93. The number of nitrogens with one attached hydrogen (secondary N) is 1. The lowest BCUT2D eigenvalue weighted by Crippen LogP contribution is -2.41. The second kappa shape index (κ2) is 9.28. The maximum atomic E-state index is 14.0. The highest BCUT2D eigenvalue weighted by atomic mass is 19.1. The Labute approximate surface area is 177 Å². The zero-order valence-electron chi connectivity index (χ0n) is 17.9.